The van der Waals surface area contributed by atoms with Crippen molar-refractivity contribution in [2.75, 3.05) is 23.7 Å². The third-order valence-corrected chi connectivity index (χ3v) is 3.61. The maximum absolute atomic E-state index is 12.2. The van der Waals surface area contributed by atoms with Crippen LogP contribution in [0.5, 0.6) is 0 Å². The maximum atomic E-state index is 12.2. The van der Waals surface area contributed by atoms with Gasteiger partial charge in [0.25, 0.3) is 0 Å². The summed E-state index contributed by atoms with van der Waals surface area (Å²) in [6.45, 7) is 0.466. The largest absolute Gasteiger partial charge is 0.346 e. The number of imide groups is 1. The van der Waals surface area contributed by atoms with Crippen LogP contribution in [0.3, 0.4) is 0 Å². The van der Waals surface area contributed by atoms with Gasteiger partial charge in [0.05, 0.1) is 11.9 Å². The summed E-state index contributed by atoms with van der Waals surface area (Å²) in [4.78, 5) is 24.5. The molecule has 0 spiro atoms. The predicted octanol–water partition coefficient (Wildman–Crippen LogP) is 0.598. The minimum absolute atomic E-state index is 0.149. The summed E-state index contributed by atoms with van der Waals surface area (Å²) < 4.78 is 24.2. The maximum Gasteiger partial charge on any atom is 0.346 e. The van der Waals surface area contributed by atoms with E-state index in [1.807, 2.05) is 0 Å². The van der Waals surface area contributed by atoms with Gasteiger partial charge in [-0.15, -0.1) is 0 Å². The Hall–Kier alpha value is -2.09. The number of nitrogens with zero attached hydrogens (tertiary/aromatic N) is 2. The second-order valence-corrected chi connectivity index (χ2v) is 5.86. The van der Waals surface area contributed by atoms with Crippen LogP contribution in [0.4, 0.5) is 15.3 Å². The van der Waals surface area contributed by atoms with Gasteiger partial charge in [-0.1, -0.05) is 18.2 Å². The molecule has 0 radical (unpaired) electrons. The van der Waals surface area contributed by atoms with Crippen molar-refractivity contribution >= 4 is 27.8 Å². The minimum Gasteiger partial charge on any atom is -0.336 e. The Kier molecular flexibility index (Phi) is 3.43. The number of hydrogen-bond donors (Lipinski definition) is 1. The SMILES string of the molecule is CS(=O)(=O)N(C(=O)N1CCNC1=O)c1ccccc1. The highest BCUT2D eigenvalue weighted by atomic mass is 32.2. The first-order valence-electron chi connectivity index (χ1n) is 5.56. The van der Waals surface area contributed by atoms with Gasteiger partial charge in [-0.25, -0.2) is 22.9 Å². The average Bonchev–Trinajstić information content (AvgIpc) is 2.75. The fourth-order valence-corrected chi connectivity index (χ4v) is 2.66. The normalized spacial score (nSPS) is 15.2. The monoisotopic (exact) mass is 283 g/mol. The lowest BCUT2D eigenvalue weighted by molar-refractivity contribution is 0.205. The van der Waals surface area contributed by atoms with Crippen molar-refractivity contribution in [3.05, 3.63) is 30.3 Å². The zero-order chi connectivity index (χ0) is 14.0. The molecule has 0 atom stereocenters. The Balaban J connectivity index is 2.40. The van der Waals surface area contributed by atoms with Crippen molar-refractivity contribution in [2.24, 2.45) is 0 Å². The van der Waals surface area contributed by atoms with Gasteiger partial charge in [0.15, 0.2) is 0 Å². The highest BCUT2D eigenvalue weighted by molar-refractivity contribution is 7.92. The molecule has 0 aromatic heterocycles. The van der Waals surface area contributed by atoms with E-state index in [2.05, 4.69) is 5.32 Å². The van der Waals surface area contributed by atoms with Crippen LogP contribution in [0, 0.1) is 0 Å². The van der Waals surface area contributed by atoms with Gasteiger partial charge in [0.1, 0.15) is 0 Å². The molecule has 0 bridgehead atoms. The molecule has 1 saturated heterocycles. The van der Waals surface area contributed by atoms with Crippen molar-refractivity contribution in [1.82, 2.24) is 10.2 Å². The molecule has 19 heavy (non-hydrogen) atoms. The molecule has 0 unspecified atom stereocenters. The number of rotatable bonds is 2. The molecule has 1 heterocycles. The van der Waals surface area contributed by atoms with Crippen LogP contribution in [0.15, 0.2) is 30.3 Å². The number of anilines is 1. The summed E-state index contributed by atoms with van der Waals surface area (Å²) in [5.41, 5.74) is 0.203. The fraction of sp³-hybridized carbons (Fsp3) is 0.273. The molecule has 0 saturated carbocycles. The van der Waals surface area contributed by atoms with Gasteiger partial charge in [0, 0.05) is 13.1 Å². The molecule has 1 N–H and O–H groups in total. The van der Waals surface area contributed by atoms with E-state index in [1.165, 1.54) is 12.1 Å². The van der Waals surface area contributed by atoms with E-state index < -0.39 is 22.1 Å². The summed E-state index contributed by atoms with van der Waals surface area (Å²) in [7, 11) is -3.82. The van der Waals surface area contributed by atoms with Gasteiger partial charge in [-0.05, 0) is 12.1 Å². The zero-order valence-electron chi connectivity index (χ0n) is 10.2. The van der Waals surface area contributed by atoms with Gasteiger partial charge >= 0.3 is 12.1 Å². The average molecular weight is 283 g/mol. The third-order valence-electron chi connectivity index (χ3n) is 2.58. The van der Waals surface area contributed by atoms with Gasteiger partial charge in [-0.2, -0.15) is 4.31 Å². The quantitative estimate of drug-likeness (QED) is 0.861. The molecule has 1 aliphatic heterocycles. The van der Waals surface area contributed by atoms with E-state index in [0.29, 0.717) is 10.8 Å². The molecule has 8 heteroatoms. The van der Waals surface area contributed by atoms with Crippen LogP contribution in [0.25, 0.3) is 0 Å². The molecule has 0 aliphatic carbocycles. The molecule has 1 aliphatic rings. The molecule has 102 valence electrons. The predicted molar refractivity (Wildman–Crippen MR) is 69.3 cm³/mol. The smallest absolute Gasteiger partial charge is 0.336 e. The van der Waals surface area contributed by atoms with Crippen LogP contribution in [0.2, 0.25) is 0 Å². The van der Waals surface area contributed by atoms with Crippen LogP contribution < -0.4 is 9.62 Å². The molecule has 1 aromatic rings. The highest BCUT2D eigenvalue weighted by Gasteiger charge is 2.35. The van der Waals surface area contributed by atoms with Crippen molar-refractivity contribution in [2.45, 2.75) is 0 Å². The minimum atomic E-state index is -3.82. The number of carbonyl (C=O) groups excluding carboxylic acids is 2. The number of sulfonamides is 1. The number of carbonyl (C=O) groups is 2. The number of urea groups is 2. The number of benzene rings is 1. The Bertz CT molecular complexity index is 600. The summed E-state index contributed by atoms with van der Waals surface area (Å²) in [6.07, 6.45) is 0.922. The fourth-order valence-electron chi connectivity index (χ4n) is 1.77. The lowest BCUT2D eigenvalue weighted by Gasteiger charge is -2.24. The molecule has 4 amide bonds. The summed E-state index contributed by atoms with van der Waals surface area (Å²) in [5.74, 6) is 0. The molecule has 1 aromatic carbocycles. The third kappa shape index (κ3) is 2.68. The van der Waals surface area contributed by atoms with E-state index in [1.54, 1.807) is 18.2 Å². The van der Waals surface area contributed by atoms with Crippen molar-refractivity contribution in [3.63, 3.8) is 0 Å². The number of nitrogens with one attached hydrogen (secondary N) is 1. The van der Waals surface area contributed by atoms with E-state index in [9.17, 15) is 18.0 Å². The summed E-state index contributed by atoms with van der Waals surface area (Å²) >= 11 is 0. The van der Waals surface area contributed by atoms with Gasteiger partial charge in [0.2, 0.25) is 10.0 Å². The van der Waals surface area contributed by atoms with Gasteiger partial charge < -0.3 is 5.32 Å². The summed E-state index contributed by atoms with van der Waals surface area (Å²) in [5, 5.41) is 2.45. The van der Waals surface area contributed by atoms with Crippen LogP contribution in [-0.2, 0) is 10.0 Å². The van der Waals surface area contributed by atoms with E-state index in [-0.39, 0.29) is 12.2 Å². The Morgan fingerprint density at radius 3 is 2.42 bits per heavy atom. The van der Waals surface area contributed by atoms with Crippen LogP contribution >= 0.6 is 0 Å². The first-order valence-corrected chi connectivity index (χ1v) is 7.41. The lowest BCUT2D eigenvalue weighted by atomic mass is 10.3. The van der Waals surface area contributed by atoms with Gasteiger partial charge in [-0.3, -0.25) is 0 Å². The summed E-state index contributed by atoms with van der Waals surface area (Å²) in [6, 6.07) is 6.46. The van der Waals surface area contributed by atoms with Crippen LogP contribution in [0.1, 0.15) is 0 Å². The number of para-hydroxylation sites is 1. The molecular weight excluding hydrogens is 270 g/mol. The molecule has 1 fully saturated rings. The molecule has 7 nitrogen and oxygen atoms in total. The van der Waals surface area contributed by atoms with Crippen molar-refractivity contribution < 1.29 is 18.0 Å². The first kappa shape index (κ1) is 13.3. The van der Waals surface area contributed by atoms with Crippen LogP contribution in [-0.4, -0.2) is 44.7 Å². The van der Waals surface area contributed by atoms with E-state index in [0.717, 1.165) is 11.2 Å². The Labute approximate surface area is 110 Å². The first-order chi connectivity index (χ1) is 8.91. The zero-order valence-corrected chi connectivity index (χ0v) is 11.1. The second-order valence-electron chi connectivity index (χ2n) is 4.03. The lowest BCUT2D eigenvalue weighted by Crippen LogP contribution is -2.47. The Morgan fingerprint density at radius 1 is 1.32 bits per heavy atom. The van der Waals surface area contributed by atoms with Crippen molar-refractivity contribution in [3.8, 4) is 0 Å². The standard InChI is InChI=1S/C11H13N3O4S/c1-19(17,18)14(9-5-3-2-4-6-9)11(16)13-8-7-12-10(13)15/h2-6H,7-8H2,1H3,(H,12,15). The number of hydrogen-bond acceptors (Lipinski definition) is 4. The van der Waals surface area contributed by atoms with E-state index >= 15 is 0 Å². The highest BCUT2D eigenvalue weighted by Crippen LogP contribution is 2.19. The molecular formula is C11H13N3O4S. The number of amides is 4. The molecule has 2 rings (SSSR count). The topological polar surface area (TPSA) is 86.8 Å². The van der Waals surface area contributed by atoms with E-state index in [4.69, 9.17) is 0 Å². The van der Waals surface area contributed by atoms with Crippen molar-refractivity contribution in [1.29, 1.82) is 0 Å². The second kappa shape index (κ2) is 4.88. The Morgan fingerprint density at radius 2 is 1.95 bits per heavy atom.